The van der Waals surface area contributed by atoms with Gasteiger partial charge in [0.1, 0.15) is 0 Å². The van der Waals surface area contributed by atoms with Crippen LogP contribution in [-0.4, -0.2) is 44.6 Å². The molecule has 7 nitrogen and oxygen atoms in total. The molecular weight excluding hydrogens is 328 g/mol. The van der Waals surface area contributed by atoms with Crippen molar-refractivity contribution in [3.63, 3.8) is 0 Å². The van der Waals surface area contributed by atoms with E-state index >= 15 is 0 Å². The molecule has 0 aromatic heterocycles. The van der Waals surface area contributed by atoms with Gasteiger partial charge in [-0.3, -0.25) is 0 Å². The number of aliphatic hydroxyl groups is 2. The van der Waals surface area contributed by atoms with Gasteiger partial charge >= 0.3 is 11.9 Å². The minimum absolute atomic E-state index is 0.676. The van der Waals surface area contributed by atoms with Crippen LogP contribution in [0.1, 0.15) is 11.1 Å². The lowest BCUT2D eigenvalue weighted by molar-refractivity contribution is -0.165. The smallest absolute Gasteiger partial charge is 0.335 e. The van der Waals surface area contributed by atoms with E-state index in [1.807, 2.05) is 36.4 Å². The minimum Gasteiger partial charge on any atom is -0.479 e. The van der Waals surface area contributed by atoms with Gasteiger partial charge in [-0.15, -0.1) is 0 Å². The highest BCUT2D eigenvalue weighted by Crippen LogP contribution is 2.05. The van der Waals surface area contributed by atoms with E-state index in [4.69, 9.17) is 25.2 Å². The van der Waals surface area contributed by atoms with Crippen molar-refractivity contribution in [1.82, 2.24) is 0 Å². The fraction of sp³-hybridized carbons (Fsp3) is 0.222. The normalized spacial score (nSPS) is 12.4. The van der Waals surface area contributed by atoms with Crippen molar-refractivity contribution in [3.05, 3.63) is 71.8 Å². The molecule has 0 aliphatic carbocycles. The summed E-state index contributed by atoms with van der Waals surface area (Å²) in [6.45, 7) is 1.35. The topological polar surface area (TPSA) is 124 Å². The quantitative estimate of drug-likeness (QED) is 0.594. The maximum atomic E-state index is 9.77. The summed E-state index contributed by atoms with van der Waals surface area (Å²) in [4.78, 5) is 19.5. The summed E-state index contributed by atoms with van der Waals surface area (Å²) in [7, 11) is 0. The molecule has 25 heavy (non-hydrogen) atoms. The first-order valence-electron chi connectivity index (χ1n) is 7.39. The van der Waals surface area contributed by atoms with Crippen LogP contribution in [0.3, 0.4) is 0 Å². The van der Waals surface area contributed by atoms with Crippen LogP contribution in [0.25, 0.3) is 0 Å². The monoisotopic (exact) mass is 348 g/mol. The molecule has 0 saturated carbocycles. The lowest BCUT2D eigenvalue weighted by Crippen LogP contribution is -2.39. The van der Waals surface area contributed by atoms with E-state index in [1.54, 1.807) is 0 Å². The fourth-order valence-corrected chi connectivity index (χ4v) is 1.71. The number of rotatable bonds is 7. The third kappa shape index (κ3) is 8.07. The van der Waals surface area contributed by atoms with Crippen LogP contribution in [0.2, 0.25) is 0 Å². The summed E-state index contributed by atoms with van der Waals surface area (Å²) in [5.74, 6) is -3.54. The van der Waals surface area contributed by atoms with Gasteiger partial charge in [0.25, 0.3) is 0 Å². The molecule has 0 spiro atoms. The number of carboxylic acid groups (broad SMARTS) is 2. The van der Waals surface area contributed by atoms with Crippen molar-refractivity contribution in [3.8, 4) is 0 Å². The molecule has 2 unspecified atom stereocenters. The van der Waals surface area contributed by atoms with E-state index in [0.717, 1.165) is 0 Å². The number of carboxylic acids is 2. The molecule has 2 atom stereocenters. The molecule has 0 bridgehead atoms. The Morgan fingerprint density at radius 2 is 1.04 bits per heavy atom. The van der Waals surface area contributed by atoms with Gasteiger partial charge in [-0.05, 0) is 11.1 Å². The molecule has 4 N–H and O–H groups in total. The highest BCUT2D eigenvalue weighted by molar-refractivity contribution is 5.83. The molecule has 0 aliphatic heterocycles. The zero-order chi connectivity index (χ0) is 18.7. The van der Waals surface area contributed by atoms with Gasteiger partial charge in [-0.2, -0.15) is 0 Å². The zero-order valence-corrected chi connectivity index (χ0v) is 13.4. The molecular formula is C18H20O7. The molecule has 0 radical (unpaired) electrons. The molecule has 2 aromatic rings. The van der Waals surface area contributed by atoms with Crippen LogP contribution in [0.4, 0.5) is 0 Å². The second-order valence-corrected chi connectivity index (χ2v) is 5.03. The lowest BCUT2D eigenvalue weighted by atomic mass is 10.2. The predicted molar refractivity (Wildman–Crippen MR) is 88.7 cm³/mol. The lowest BCUT2D eigenvalue weighted by Gasteiger charge is -2.07. The summed E-state index contributed by atoms with van der Waals surface area (Å²) in [6.07, 6.45) is -4.53. The maximum Gasteiger partial charge on any atom is 0.335 e. The van der Waals surface area contributed by atoms with Gasteiger partial charge in [-0.1, -0.05) is 60.7 Å². The summed E-state index contributed by atoms with van der Waals surface area (Å²) in [6, 6.07) is 20.4. The Kier molecular flexibility index (Phi) is 8.87. The van der Waals surface area contributed by atoms with Gasteiger partial charge < -0.3 is 25.2 Å². The number of benzene rings is 2. The van der Waals surface area contributed by atoms with Crippen molar-refractivity contribution in [2.45, 2.75) is 25.4 Å². The summed E-state index contributed by atoms with van der Waals surface area (Å²) < 4.78 is 5.61. The van der Waals surface area contributed by atoms with E-state index in [9.17, 15) is 9.59 Å². The number of hydrogen-bond acceptors (Lipinski definition) is 5. The summed E-state index contributed by atoms with van der Waals surface area (Å²) in [5.41, 5.74) is 2.43. The van der Waals surface area contributed by atoms with E-state index in [2.05, 4.69) is 24.3 Å². The number of hydrogen-bond donors (Lipinski definition) is 4. The predicted octanol–water partition coefficient (Wildman–Crippen LogP) is 1.28. The van der Waals surface area contributed by atoms with Gasteiger partial charge in [0.2, 0.25) is 0 Å². The van der Waals surface area contributed by atoms with Crippen molar-refractivity contribution < 1.29 is 34.8 Å². The molecule has 134 valence electrons. The molecule has 0 fully saturated rings. The van der Waals surface area contributed by atoms with E-state index in [-0.39, 0.29) is 0 Å². The number of aliphatic carboxylic acids is 2. The molecule has 2 rings (SSSR count). The molecule has 0 heterocycles. The summed E-state index contributed by atoms with van der Waals surface area (Å²) >= 11 is 0. The fourth-order valence-electron chi connectivity index (χ4n) is 1.71. The van der Waals surface area contributed by atoms with E-state index < -0.39 is 24.1 Å². The van der Waals surface area contributed by atoms with Gasteiger partial charge in [-0.25, -0.2) is 9.59 Å². The zero-order valence-electron chi connectivity index (χ0n) is 13.4. The third-order valence-corrected chi connectivity index (χ3v) is 3.03. The Balaban J connectivity index is 0.000000275. The molecule has 0 amide bonds. The second kappa shape index (κ2) is 10.9. The highest BCUT2D eigenvalue weighted by Gasteiger charge is 2.29. The average Bonchev–Trinajstić information content (AvgIpc) is 2.62. The van der Waals surface area contributed by atoms with Crippen LogP contribution in [0.15, 0.2) is 60.7 Å². The van der Waals surface area contributed by atoms with E-state index in [0.29, 0.717) is 13.2 Å². The molecule has 0 saturated heterocycles. The Bertz CT molecular complexity index is 585. The van der Waals surface area contributed by atoms with Gasteiger partial charge in [0, 0.05) is 0 Å². The Morgan fingerprint density at radius 1 is 0.720 bits per heavy atom. The Hall–Kier alpha value is -2.74. The van der Waals surface area contributed by atoms with Gasteiger partial charge in [0.15, 0.2) is 12.2 Å². The van der Waals surface area contributed by atoms with Crippen LogP contribution >= 0.6 is 0 Å². The Labute approximate surface area is 144 Å². The van der Waals surface area contributed by atoms with Crippen molar-refractivity contribution >= 4 is 11.9 Å². The largest absolute Gasteiger partial charge is 0.479 e. The third-order valence-electron chi connectivity index (χ3n) is 3.03. The number of ether oxygens (including phenoxy) is 1. The van der Waals surface area contributed by atoms with Crippen LogP contribution in [-0.2, 0) is 27.5 Å². The molecule has 0 aliphatic rings. The molecule has 7 heteroatoms. The summed E-state index contributed by atoms with van der Waals surface area (Å²) in [5, 5.41) is 32.5. The van der Waals surface area contributed by atoms with E-state index in [1.165, 1.54) is 11.1 Å². The highest BCUT2D eigenvalue weighted by atomic mass is 16.5. The van der Waals surface area contributed by atoms with Crippen molar-refractivity contribution in [2.24, 2.45) is 0 Å². The van der Waals surface area contributed by atoms with Crippen molar-refractivity contribution in [1.29, 1.82) is 0 Å². The van der Waals surface area contributed by atoms with Crippen LogP contribution in [0, 0.1) is 0 Å². The molecule has 2 aromatic carbocycles. The Morgan fingerprint density at radius 3 is 1.32 bits per heavy atom. The number of aliphatic hydroxyl groups excluding tert-OH is 2. The minimum atomic E-state index is -2.27. The first-order valence-corrected chi connectivity index (χ1v) is 7.39. The number of carbonyl (C=O) groups is 2. The average molecular weight is 348 g/mol. The van der Waals surface area contributed by atoms with Crippen LogP contribution in [0.5, 0.6) is 0 Å². The standard InChI is InChI=1S/C14H14O.C4H6O6/c1-3-7-13(8-4-1)11-15-12-14-9-5-2-6-10-14;5-1(3(7)8)2(6)4(9)10/h1-10H,11-12H2;1-2,5-6H,(H,7,8)(H,9,10). The SMILES string of the molecule is O=C(O)C(O)C(O)C(=O)O.c1ccc(COCc2ccccc2)cc1. The first-order chi connectivity index (χ1) is 11.9. The maximum absolute atomic E-state index is 9.77. The second-order valence-electron chi connectivity index (χ2n) is 5.03. The first kappa shape index (κ1) is 20.3. The van der Waals surface area contributed by atoms with Crippen molar-refractivity contribution in [2.75, 3.05) is 0 Å². The van der Waals surface area contributed by atoms with Crippen LogP contribution < -0.4 is 0 Å². The van der Waals surface area contributed by atoms with Gasteiger partial charge in [0.05, 0.1) is 13.2 Å².